The second kappa shape index (κ2) is 6.22. The van der Waals surface area contributed by atoms with Crippen LogP contribution in [0.5, 0.6) is 0 Å². The molecule has 0 bridgehead atoms. The van der Waals surface area contributed by atoms with Crippen LogP contribution in [-0.4, -0.2) is 36.4 Å². The minimum absolute atomic E-state index is 0.0300. The number of methoxy groups -OCH3 is 1. The number of benzene rings is 1. The van der Waals surface area contributed by atoms with Gasteiger partial charge in [-0.15, -0.1) is 0 Å². The first-order valence-corrected chi connectivity index (χ1v) is 5.00. The monoisotopic (exact) mass is 262 g/mol. The Labute approximate surface area is 101 Å². The lowest BCUT2D eigenvalue weighted by Gasteiger charge is -2.12. The van der Waals surface area contributed by atoms with Crippen LogP contribution >= 0.6 is 0 Å². The van der Waals surface area contributed by atoms with Crippen LogP contribution in [0.2, 0.25) is 0 Å². The molecular formula is C10H12F2N2O4. The lowest BCUT2D eigenvalue weighted by molar-refractivity contribution is -0.384. The van der Waals surface area contributed by atoms with E-state index in [0.29, 0.717) is 6.07 Å². The number of halogens is 2. The van der Waals surface area contributed by atoms with Crippen molar-refractivity contribution >= 4 is 11.4 Å². The maximum Gasteiger partial charge on any atom is 0.295 e. The molecule has 100 valence electrons. The van der Waals surface area contributed by atoms with Gasteiger partial charge in [0.25, 0.3) is 5.69 Å². The number of hydrogen-bond donors (Lipinski definition) is 2. The topological polar surface area (TPSA) is 84.6 Å². The molecule has 0 aromatic heterocycles. The lowest BCUT2D eigenvalue weighted by Crippen LogP contribution is -2.25. The van der Waals surface area contributed by atoms with E-state index in [2.05, 4.69) is 10.1 Å². The van der Waals surface area contributed by atoms with E-state index in [0.717, 1.165) is 6.07 Å². The van der Waals surface area contributed by atoms with Crippen molar-refractivity contribution < 1.29 is 23.5 Å². The minimum Gasteiger partial charge on any atom is -0.389 e. The Morgan fingerprint density at radius 1 is 1.56 bits per heavy atom. The molecule has 6 nitrogen and oxygen atoms in total. The number of nitro groups is 1. The normalized spacial score (nSPS) is 12.2. The van der Waals surface area contributed by atoms with E-state index < -0.39 is 34.0 Å². The summed E-state index contributed by atoms with van der Waals surface area (Å²) in [5.41, 5.74) is -1.19. The van der Waals surface area contributed by atoms with Crippen LogP contribution in [0.1, 0.15) is 0 Å². The van der Waals surface area contributed by atoms with Crippen LogP contribution in [-0.2, 0) is 4.74 Å². The van der Waals surface area contributed by atoms with Crippen molar-refractivity contribution in [2.24, 2.45) is 0 Å². The molecule has 0 aliphatic heterocycles. The zero-order valence-corrected chi connectivity index (χ0v) is 9.52. The number of hydrogen-bond acceptors (Lipinski definition) is 5. The number of nitrogens with one attached hydrogen (secondary N) is 1. The standard InChI is InChI=1S/C10H12F2N2O4/c1-18-5-6(15)4-13-10-8(14(16)17)3-2-7(11)9(10)12/h2-3,6,13,15H,4-5H2,1H3. The fourth-order valence-corrected chi connectivity index (χ4v) is 1.33. The Hall–Kier alpha value is -1.80. The summed E-state index contributed by atoms with van der Waals surface area (Å²) < 4.78 is 31.0. The van der Waals surface area contributed by atoms with E-state index in [1.807, 2.05) is 0 Å². The third-order valence-corrected chi connectivity index (χ3v) is 2.14. The maximum atomic E-state index is 13.4. The third kappa shape index (κ3) is 3.34. The van der Waals surface area contributed by atoms with Gasteiger partial charge in [-0.25, -0.2) is 8.78 Å². The fraction of sp³-hybridized carbons (Fsp3) is 0.400. The van der Waals surface area contributed by atoms with E-state index in [9.17, 15) is 24.0 Å². The third-order valence-electron chi connectivity index (χ3n) is 2.14. The first-order chi connectivity index (χ1) is 8.47. The summed E-state index contributed by atoms with van der Waals surface area (Å²) in [5.74, 6) is -2.56. The second-order valence-electron chi connectivity index (χ2n) is 3.50. The molecule has 1 aromatic rings. The lowest BCUT2D eigenvalue weighted by atomic mass is 10.2. The molecule has 2 N–H and O–H groups in total. The van der Waals surface area contributed by atoms with E-state index in [1.54, 1.807) is 0 Å². The molecule has 0 fully saturated rings. The summed E-state index contributed by atoms with van der Waals surface area (Å²) >= 11 is 0. The molecule has 1 rings (SSSR count). The van der Waals surface area contributed by atoms with E-state index in [4.69, 9.17) is 0 Å². The minimum atomic E-state index is -1.35. The van der Waals surface area contributed by atoms with E-state index in [-0.39, 0.29) is 13.2 Å². The molecule has 1 atom stereocenters. The number of aliphatic hydroxyl groups excluding tert-OH is 1. The largest absolute Gasteiger partial charge is 0.389 e. The molecule has 1 unspecified atom stereocenters. The van der Waals surface area contributed by atoms with Crippen molar-refractivity contribution in [1.82, 2.24) is 0 Å². The van der Waals surface area contributed by atoms with E-state index in [1.165, 1.54) is 7.11 Å². The summed E-state index contributed by atoms with van der Waals surface area (Å²) in [5, 5.41) is 22.3. The molecular weight excluding hydrogens is 250 g/mol. The average molecular weight is 262 g/mol. The Balaban J connectivity index is 2.92. The van der Waals surface area contributed by atoms with Crippen LogP contribution in [0.3, 0.4) is 0 Å². The van der Waals surface area contributed by atoms with Crippen LogP contribution in [0.25, 0.3) is 0 Å². The zero-order chi connectivity index (χ0) is 13.7. The fourth-order valence-electron chi connectivity index (χ4n) is 1.33. The zero-order valence-electron chi connectivity index (χ0n) is 9.52. The van der Waals surface area contributed by atoms with Crippen LogP contribution in [0.4, 0.5) is 20.2 Å². The molecule has 0 heterocycles. The molecule has 0 amide bonds. The molecule has 1 aromatic carbocycles. The van der Waals surface area contributed by atoms with Gasteiger partial charge in [0.2, 0.25) is 0 Å². The van der Waals surface area contributed by atoms with Crippen molar-refractivity contribution in [2.75, 3.05) is 25.6 Å². The van der Waals surface area contributed by atoms with Crippen molar-refractivity contribution in [2.45, 2.75) is 6.10 Å². The Morgan fingerprint density at radius 3 is 2.78 bits per heavy atom. The molecule has 8 heteroatoms. The second-order valence-corrected chi connectivity index (χ2v) is 3.50. The van der Waals surface area contributed by atoms with Gasteiger partial charge in [0.15, 0.2) is 17.3 Å². The van der Waals surface area contributed by atoms with Gasteiger partial charge < -0.3 is 15.2 Å². The van der Waals surface area contributed by atoms with Gasteiger partial charge in [-0.3, -0.25) is 10.1 Å². The summed E-state index contributed by atoms with van der Waals surface area (Å²) in [4.78, 5) is 9.81. The quantitative estimate of drug-likeness (QED) is 0.596. The predicted molar refractivity (Wildman–Crippen MR) is 59.4 cm³/mol. The Morgan fingerprint density at radius 2 is 2.22 bits per heavy atom. The smallest absolute Gasteiger partial charge is 0.295 e. The molecule has 0 spiro atoms. The van der Waals surface area contributed by atoms with Gasteiger partial charge in [0.05, 0.1) is 17.6 Å². The van der Waals surface area contributed by atoms with E-state index >= 15 is 0 Å². The number of nitro benzene ring substituents is 1. The molecule has 0 saturated carbocycles. The van der Waals surface area contributed by atoms with Gasteiger partial charge in [0, 0.05) is 19.7 Å². The average Bonchev–Trinajstić information content (AvgIpc) is 2.31. The molecule has 0 aliphatic carbocycles. The first-order valence-electron chi connectivity index (χ1n) is 5.00. The van der Waals surface area contributed by atoms with Gasteiger partial charge in [-0.1, -0.05) is 0 Å². The number of aliphatic hydroxyl groups is 1. The SMILES string of the molecule is COCC(O)CNc1c([N+](=O)[O-])ccc(F)c1F. The maximum absolute atomic E-state index is 13.4. The number of ether oxygens (including phenoxy) is 1. The summed E-state index contributed by atoms with van der Waals surface area (Å²) in [7, 11) is 1.36. The first kappa shape index (κ1) is 14.3. The highest BCUT2D eigenvalue weighted by molar-refractivity contribution is 5.62. The van der Waals surface area contributed by atoms with Crippen molar-refractivity contribution in [3.8, 4) is 0 Å². The van der Waals surface area contributed by atoms with Crippen molar-refractivity contribution in [3.63, 3.8) is 0 Å². The molecule has 0 saturated heterocycles. The molecule has 0 radical (unpaired) electrons. The highest BCUT2D eigenvalue weighted by Crippen LogP contribution is 2.28. The van der Waals surface area contributed by atoms with Crippen molar-refractivity contribution in [3.05, 3.63) is 33.9 Å². The Kier molecular flexibility index (Phi) is 4.93. The number of anilines is 1. The summed E-state index contributed by atoms with van der Waals surface area (Å²) in [6.07, 6.45) is -0.989. The van der Waals surface area contributed by atoms with Gasteiger partial charge in [0.1, 0.15) is 0 Å². The van der Waals surface area contributed by atoms with Gasteiger partial charge in [-0.2, -0.15) is 0 Å². The van der Waals surface area contributed by atoms with Crippen molar-refractivity contribution in [1.29, 1.82) is 0 Å². The molecule has 0 aliphatic rings. The van der Waals surface area contributed by atoms with Crippen LogP contribution in [0.15, 0.2) is 12.1 Å². The van der Waals surface area contributed by atoms with Gasteiger partial charge >= 0.3 is 0 Å². The van der Waals surface area contributed by atoms with Gasteiger partial charge in [-0.05, 0) is 6.07 Å². The highest BCUT2D eigenvalue weighted by Gasteiger charge is 2.21. The predicted octanol–water partition coefficient (Wildman–Crippen LogP) is 1.29. The number of rotatable bonds is 6. The Bertz CT molecular complexity index is 442. The summed E-state index contributed by atoms with van der Waals surface area (Å²) in [6.45, 7) is -0.229. The van der Waals surface area contributed by atoms with Crippen LogP contribution < -0.4 is 5.32 Å². The number of nitrogens with zero attached hydrogens (tertiary/aromatic N) is 1. The summed E-state index contributed by atoms with van der Waals surface area (Å²) in [6, 6.07) is 1.52. The molecule has 18 heavy (non-hydrogen) atoms. The highest BCUT2D eigenvalue weighted by atomic mass is 19.2. The van der Waals surface area contributed by atoms with Crippen LogP contribution in [0, 0.1) is 21.7 Å².